The van der Waals surface area contributed by atoms with Crippen LogP contribution in [0.5, 0.6) is 0 Å². The Labute approximate surface area is 182 Å². The fraction of sp³-hybridized carbons (Fsp3) is 0.458. The largest absolute Gasteiger partial charge is 0.369 e. The van der Waals surface area contributed by atoms with E-state index >= 15 is 0 Å². The van der Waals surface area contributed by atoms with E-state index in [4.69, 9.17) is 0 Å². The van der Waals surface area contributed by atoms with Gasteiger partial charge in [-0.25, -0.2) is 9.97 Å². The maximum Gasteiger partial charge on any atom is 0.223 e. The molecule has 0 aliphatic carbocycles. The maximum atomic E-state index is 12.8. The fourth-order valence-corrected chi connectivity index (χ4v) is 5.63. The van der Waals surface area contributed by atoms with E-state index in [1.165, 1.54) is 22.4 Å². The molecule has 2 unspecified atom stereocenters. The average molecular weight is 423 g/mol. The van der Waals surface area contributed by atoms with Crippen molar-refractivity contribution < 1.29 is 4.79 Å². The molecule has 1 N–H and O–H groups in total. The number of hydrogen-bond acceptors (Lipinski definition) is 5. The van der Waals surface area contributed by atoms with Gasteiger partial charge in [-0.05, 0) is 52.0 Å². The number of fused-ring (bicyclic) bond motifs is 1. The molecule has 1 aliphatic rings. The van der Waals surface area contributed by atoms with Gasteiger partial charge in [0, 0.05) is 35.5 Å². The lowest BCUT2D eigenvalue weighted by Crippen LogP contribution is -2.47. The van der Waals surface area contributed by atoms with E-state index in [2.05, 4.69) is 65.2 Å². The third-order valence-corrected chi connectivity index (χ3v) is 7.08. The Kier molecular flexibility index (Phi) is 6.32. The first-order valence-electron chi connectivity index (χ1n) is 10.9. The number of benzene rings is 1. The number of carbonyl (C=O) groups excluding carboxylic acids is 1. The molecule has 0 spiro atoms. The molecule has 1 amide bonds. The summed E-state index contributed by atoms with van der Waals surface area (Å²) in [5, 5.41) is 4.56. The number of hydrogen-bond donors (Lipinski definition) is 1. The van der Waals surface area contributed by atoms with Crippen LogP contribution in [0.1, 0.15) is 50.8 Å². The van der Waals surface area contributed by atoms with Gasteiger partial charge < -0.3 is 10.2 Å². The summed E-state index contributed by atoms with van der Waals surface area (Å²) in [6.07, 6.45) is 6.45. The molecule has 1 aromatic carbocycles. The highest BCUT2D eigenvalue weighted by atomic mass is 32.1. The highest BCUT2D eigenvalue weighted by Gasteiger charge is 2.28. The molecule has 0 radical (unpaired) electrons. The summed E-state index contributed by atoms with van der Waals surface area (Å²) in [6.45, 7) is 7.20. The van der Waals surface area contributed by atoms with Gasteiger partial charge in [0.05, 0.1) is 5.39 Å². The molecule has 0 saturated carbocycles. The number of nitrogens with one attached hydrogen (secondary N) is 1. The van der Waals surface area contributed by atoms with Crippen LogP contribution < -0.4 is 5.32 Å². The standard InChI is InChI=1S/C24H30N4OS/c1-16-9-7-10-17(2)28(16)20(29)13-8-14-25-23-22-21(19-11-5-4-6-12-19)18(3)30-24(22)27-15-26-23/h4-6,11-12,15-17H,7-10,13-14H2,1-3H3,(H,25,26,27). The Morgan fingerprint density at radius 2 is 1.90 bits per heavy atom. The first kappa shape index (κ1) is 20.8. The molecule has 158 valence electrons. The van der Waals surface area contributed by atoms with Crippen molar-refractivity contribution in [3.8, 4) is 11.1 Å². The predicted octanol–water partition coefficient (Wildman–Crippen LogP) is 5.65. The second-order valence-corrected chi connectivity index (χ2v) is 9.47. The van der Waals surface area contributed by atoms with Crippen LogP contribution in [0.25, 0.3) is 21.3 Å². The average Bonchev–Trinajstić information content (AvgIpc) is 3.08. The van der Waals surface area contributed by atoms with Crippen LogP contribution in [0.4, 0.5) is 5.82 Å². The number of likely N-dealkylation sites (tertiary alicyclic amines) is 1. The topological polar surface area (TPSA) is 58.1 Å². The van der Waals surface area contributed by atoms with Gasteiger partial charge in [-0.2, -0.15) is 0 Å². The lowest BCUT2D eigenvalue weighted by molar-refractivity contribution is -0.137. The maximum absolute atomic E-state index is 12.8. The van der Waals surface area contributed by atoms with Gasteiger partial charge in [-0.1, -0.05) is 30.3 Å². The van der Waals surface area contributed by atoms with Gasteiger partial charge >= 0.3 is 0 Å². The van der Waals surface area contributed by atoms with Crippen LogP contribution in [0.15, 0.2) is 36.7 Å². The summed E-state index contributed by atoms with van der Waals surface area (Å²) < 4.78 is 0. The van der Waals surface area contributed by atoms with Crippen LogP contribution in [0.3, 0.4) is 0 Å². The predicted molar refractivity (Wildman–Crippen MR) is 125 cm³/mol. The van der Waals surface area contributed by atoms with Crippen molar-refractivity contribution in [3.63, 3.8) is 0 Å². The molecule has 6 heteroatoms. The van der Waals surface area contributed by atoms with E-state index in [0.29, 0.717) is 18.5 Å². The zero-order valence-corrected chi connectivity index (χ0v) is 18.8. The Morgan fingerprint density at radius 3 is 2.63 bits per heavy atom. The first-order valence-corrected chi connectivity index (χ1v) is 11.7. The Hall–Kier alpha value is -2.47. The minimum Gasteiger partial charge on any atom is -0.369 e. The number of aryl methyl sites for hydroxylation is 1. The molecule has 4 rings (SSSR count). The van der Waals surface area contributed by atoms with E-state index in [-0.39, 0.29) is 5.91 Å². The monoisotopic (exact) mass is 422 g/mol. The number of carbonyl (C=O) groups is 1. The van der Waals surface area contributed by atoms with Gasteiger partial charge in [-0.3, -0.25) is 4.79 Å². The van der Waals surface area contributed by atoms with Crippen molar-refractivity contribution in [2.24, 2.45) is 0 Å². The molecule has 0 bridgehead atoms. The second-order valence-electron chi connectivity index (χ2n) is 8.26. The summed E-state index contributed by atoms with van der Waals surface area (Å²) in [4.78, 5) is 26.1. The first-order chi connectivity index (χ1) is 14.6. The van der Waals surface area contributed by atoms with Crippen LogP contribution in [0, 0.1) is 6.92 Å². The van der Waals surface area contributed by atoms with Crippen molar-refractivity contribution in [1.29, 1.82) is 0 Å². The molecular weight excluding hydrogens is 392 g/mol. The molecule has 2 atom stereocenters. The normalized spacial score (nSPS) is 19.2. The molecule has 1 saturated heterocycles. The SMILES string of the molecule is Cc1sc2ncnc(NCCCC(=O)N3C(C)CCCC3C)c2c1-c1ccccc1. The summed E-state index contributed by atoms with van der Waals surface area (Å²) in [6, 6.07) is 11.1. The third kappa shape index (κ3) is 4.19. The van der Waals surface area contributed by atoms with E-state index < -0.39 is 0 Å². The highest BCUT2D eigenvalue weighted by Crippen LogP contribution is 2.40. The number of piperidine rings is 1. The van der Waals surface area contributed by atoms with Gasteiger partial charge in [-0.15, -0.1) is 11.3 Å². The number of nitrogens with zero attached hydrogens (tertiary/aromatic N) is 3. The molecule has 3 aromatic rings. The van der Waals surface area contributed by atoms with Crippen LogP contribution in [-0.2, 0) is 4.79 Å². The molecule has 30 heavy (non-hydrogen) atoms. The second kappa shape index (κ2) is 9.13. The number of rotatable bonds is 6. The Morgan fingerprint density at radius 1 is 1.17 bits per heavy atom. The molecule has 1 fully saturated rings. The third-order valence-electron chi connectivity index (χ3n) is 6.07. The summed E-state index contributed by atoms with van der Waals surface area (Å²) in [7, 11) is 0. The summed E-state index contributed by atoms with van der Waals surface area (Å²) in [5.41, 5.74) is 2.38. The summed E-state index contributed by atoms with van der Waals surface area (Å²) in [5.74, 6) is 1.14. The van der Waals surface area contributed by atoms with Crippen molar-refractivity contribution in [1.82, 2.24) is 14.9 Å². The zero-order valence-electron chi connectivity index (χ0n) is 18.0. The highest BCUT2D eigenvalue weighted by molar-refractivity contribution is 7.19. The van der Waals surface area contributed by atoms with Crippen molar-refractivity contribution in [3.05, 3.63) is 41.5 Å². The van der Waals surface area contributed by atoms with Gasteiger partial charge in [0.1, 0.15) is 17.0 Å². The van der Waals surface area contributed by atoms with Crippen LogP contribution >= 0.6 is 11.3 Å². The van der Waals surface area contributed by atoms with Crippen LogP contribution in [-0.4, -0.2) is 39.4 Å². The van der Waals surface area contributed by atoms with E-state index in [0.717, 1.165) is 41.8 Å². The zero-order chi connectivity index (χ0) is 21.1. The molecule has 5 nitrogen and oxygen atoms in total. The number of anilines is 1. The Balaban J connectivity index is 1.45. The minimum absolute atomic E-state index is 0.278. The molecule has 2 aromatic heterocycles. The smallest absolute Gasteiger partial charge is 0.223 e. The van der Waals surface area contributed by atoms with Crippen molar-refractivity contribution in [2.75, 3.05) is 11.9 Å². The minimum atomic E-state index is 0.278. The lowest BCUT2D eigenvalue weighted by atomic mass is 9.97. The van der Waals surface area contributed by atoms with E-state index in [1.807, 2.05) is 6.07 Å². The molecule has 3 heterocycles. The van der Waals surface area contributed by atoms with Crippen molar-refractivity contribution in [2.45, 2.75) is 65.0 Å². The number of amides is 1. The van der Waals surface area contributed by atoms with Gasteiger partial charge in [0.15, 0.2) is 0 Å². The lowest BCUT2D eigenvalue weighted by Gasteiger charge is -2.39. The Bertz CT molecular complexity index is 1010. The van der Waals surface area contributed by atoms with Crippen molar-refractivity contribution >= 4 is 33.3 Å². The summed E-state index contributed by atoms with van der Waals surface area (Å²) >= 11 is 1.70. The molecule has 1 aliphatic heterocycles. The number of thiophene rings is 1. The van der Waals surface area contributed by atoms with E-state index in [1.54, 1.807) is 17.7 Å². The van der Waals surface area contributed by atoms with Gasteiger partial charge in [0.2, 0.25) is 5.91 Å². The van der Waals surface area contributed by atoms with Crippen LogP contribution in [0.2, 0.25) is 0 Å². The fourth-order valence-electron chi connectivity index (χ4n) is 4.62. The van der Waals surface area contributed by atoms with Gasteiger partial charge in [0.25, 0.3) is 0 Å². The molecular formula is C24H30N4OS. The van der Waals surface area contributed by atoms with E-state index in [9.17, 15) is 4.79 Å². The number of aromatic nitrogens is 2. The quantitative estimate of drug-likeness (QED) is 0.522.